The van der Waals surface area contributed by atoms with Crippen molar-refractivity contribution < 1.29 is 4.79 Å². The third-order valence-electron chi connectivity index (χ3n) is 3.65. The van der Waals surface area contributed by atoms with E-state index in [1.807, 2.05) is 36.1 Å². The molecule has 0 radical (unpaired) electrons. The van der Waals surface area contributed by atoms with Gasteiger partial charge in [-0.25, -0.2) is 0 Å². The highest BCUT2D eigenvalue weighted by Gasteiger charge is 2.15. The van der Waals surface area contributed by atoms with Crippen LogP contribution in [0.25, 0.3) is 0 Å². The molecule has 1 fully saturated rings. The minimum atomic E-state index is -0.356. The molecule has 0 aromatic heterocycles. The number of carbonyl (C=O) groups is 1. The second-order valence-electron chi connectivity index (χ2n) is 5.41. The van der Waals surface area contributed by atoms with Gasteiger partial charge in [-0.05, 0) is 60.3 Å². The molecule has 1 N–H and O–H groups in total. The summed E-state index contributed by atoms with van der Waals surface area (Å²) in [6, 6.07) is 7.79. The zero-order valence-electron chi connectivity index (χ0n) is 12.8. The van der Waals surface area contributed by atoms with Crippen LogP contribution in [0.5, 0.6) is 0 Å². The molecule has 1 aliphatic rings. The van der Waals surface area contributed by atoms with E-state index in [4.69, 9.17) is 0 Å². The summed E-state index contributed by atoms with van der Waals surface area (Å²) in [5.41, 5.74) is 1.87. The average Bonchev–Trinajstić information content (AvgIpc) is 2.49. The lowest BCUT2D eigenvalue weighted by atomic mass is 10.2. The molecule has 0 bridgehead atoms. The van der Waals surface area contributed by atoms with E-state index in [1.54, 1.807) is 6.20 Å². The summed E-state index contributed by atoms with van der Waals surface area (Å²) in [5, 5.41) is 12.1. The molecule has 6 heteroatoms. The summed E-state index contributed by atoms with van der Waals surface area (Å²) in [6.07, 6.45) is 1.67. The van der Waals surface area contributed by atoms with Crippen molar-refractivity contribution in [3.8, 4) is 6.07 Å². The van der Waals surface area contributed by atoms with E-state index in [2.05, 4.69) is 39.9 Å². The highest BCUT2D eigenvalue weighted by atomic mass is 127. The third-order valence-corrected chi connectivity index (χ3v) is 4.32. The number of hydrogen-bond donors (Lipinski definition) is 1. The Labute approximate surface area is 144 Å². The lowest BCUT2D eigenvalue weighted by Crippen LogP contribution is -2.42. The fourth-order valence-electron chi connectivity index (χ4n) is 2.23. The Morgan fingerprint density at radius 3 is 2.64 bits per heavy atom. The molecule has 5 nitrogen and oxygen atoms in total. The number of carbonyl (C=O) groups excluding carboxylic acids is 1. The van der Waals surface area contributed by atoms with Gasteiger partial charge in [0, 0.05) is 41.6 Å². The van der Waals surface area contributed by atoms with Crippen LogP contribution in [0.2, 0.25) is 0 Å². The van der Waals surface area contributed by atoms with Gasteiger partial charge in [0.15, 0.2) is 0 Å². The predicted octanol–water partition coefficient (Wildman–Crippen LogP) is 2.19. The van der Waals surface area contributed by atoms with Crippen molar-refractivity contribution in [2.45, 2.75) is 6.92 Å². The fourth-order valence-corrected chi connectivity index (χ4v) is 2.88. The zero-order valence-corrected chi connectivity index (χ0v) is 14.9. The largest absolute Gasteiger partial charge is 0.374 e. The second-order valence-corrected chi connectivity index (χ2v) is 6.65. The number of nitrogens with one attached hydrogen (secondary N) is 1. The number of rotatable bonds is 3. The summed E-state index contributed by atoms with van der Waals surface area (Å²) >= 11 is 2.23. The van der Waals surface area contributed by atoms with E-state index >= 15 is 0 Å². The standard InChI is InChI=1S/C16H19IN4O/c1-12-9-14(17)3-4-15(12)19-16(22)13(10-18)11-21-7-5-20(2)6-8-21/h3-4,9,11H,5-8H2,1-2H3,(H,19,22)/b13-11-. The number of nitriles is 1. The van der Waals surface area contributed by atoms with Gasteiger partial charge < -0.3 is 15.1 Å². The molecule has 1 aliphatic heterocycles. The van der Waals surface area contributed by atoms with Gasteiger partial charge in [0.1, 0.15) is 11.6 Å². The smallest absolute Gasteiger partial charge is 0.267 e. The lowest BCUT2D eigenvalue weighted by molar-refractivity contribution is -0.112. The van der Waals surface area contributed by atoms with Crippen LogP contribution in [-0.4, -0.2) is 48.9 Å². The van der Waals surface area contributed by atoms with Crippen molar-refractivity contribution in [3.63, 3.8) is 0 Å². The Kier molecular flexibility index (Phi) is 5.80. The Morgan fingerprint density at radius 1 is 1.36 bits per heavy atom. The molecule has 0 saturated carbocycles. The van der Waals surface area contributed by atoms with Crippen molar-refractivity contribution in [2.75, 3.05) is 38.5 Å². The molecule has 1 aromatic carbocycles. The van der Waals surface area contributed by atoms with Gasteiger partial charge in [-0.15, -0.1) is 0 Å². The van der Waals surface area contributed by atoms with Crippen molar-refractivity contribution in [3.05, 3.63) is 39.1 Å². The third kappa shape index (κ3) is 4.45. The number of aryl methyl sites for hydroxylation is 1. The van der Waals surface area contributed by atoms with Crippen LogP contribution in [0.15, 0.2) is 30.0 Å². The number of benzene rings is 1. The van der Waals surface area contributed by atoms with E-state index in [0.29, 0.717) is 0 Å². The Hall–Kier alpha value is -1.59. The molecule has 0 atom stereocenters. The number of piperazine rings is 1. The van der Waals surface area contributed by atoms with Gasteiger partial charge >= 0.3 is 0 Å². The number of likely N-dealkylation sites (N-methyl/N-ethyl adjacent to an activating group) is 1. The molecule has 1 aromatic rings. The van der Waals surface area contributed by atoms with Crippen molar-refractivity contribution >= 4 is 34.2 Å². The number of anilines is 1. The molecule has 1 amide bonds. The van der Waals surface area contributed by atoms with Crippen LogP contribution < -0.4 is 5.32 Å². The molecule has 0 unspecified atom stereocenters. The van der Waals surface area contributed by atoms with Gasteiger partial charge in [0.25, 0.3) is 5.91 Å². The second kappa shape index (κ2) is 7.61. The van der Waals surface area contributed by atoms with Crippen LogP contribution in [0.1, 0.15) is 5.56 Å². The molecule has 2 rings (SSSR count). The molecular weight excluding hydrogens is 391 g/mol. The van der Waals surface area contributed by atoms with Gasteiger partial charge in [0.2, 0.25) is 0 Å². The van der Waals surface area contributed by atoms with E-state index < -0.39 is 0 Å². The predicted molar refractivity (Wildman–Crippen MR) is 95.3 cm³/mol. The first-order valence-electron chi connectivity index (χ1n) is 7.11. The van der Waals surface area contributed by atoms with Crippen LogP contribution in [0.3, 0.4) is 0 Å². The van der Waals surface area contributed by atoms with E-state index in [1.165, 1.54) is 0 Å². The number of halogens is 1. The molecule has 116 valence electrons. The molecular formula is C16H19IN4O. The summed E-state index contributed by atoms with van der Waals surface area (Å²) in [6.45, 7) is 5.48. The van der Waals surface area contributed by atoms with Gasteiger partial charge in [0.05, 0.1) is 0 Å². The first kappa shape index (κ1) is 16.8. The molecule has 1 heterocycles. The first-order valence-corrected chi connectivity index (χ1v) is 8.19. The topological polar surface area (TPSA) is 59.4 Å². The number of amides is 1. The lowest BCUT2D eigenvalue weighted by Gasteiger charge is -2.31. The monoisotopic (exact) mass is 410 g/mol. The van der Waals surface area contributed by atoms with Gasteiger partial charge in [-0.3, -0.25) is 4.79 Å². The van der Waals surface area contributed by atoms with Crippen molar-refractivity contribution in [2.24, 2.45) is 0 Å². The SMILES string of the molecule is Cc1cc(I)ccc1NC(=O)/C(C#N)=C\N1CCN(C)CC1. The Bertz CT molecular complexity index is 628. The normalized spacial score (nSPS) is 16.3. The zero-order chi connectivity index (χ0) is 16.1. The highest BCUT2D eigenvalue weighted by Crippen LogP contribution is 2.18. The maximum absolute atomic E-state index is 12.3. The van der Waals surface area contributed by atoms with Gasteiger partial charge in [-0.2, -0.15) is 5.26 Å². The molecule has 22 heavy (non-hydrogen) atoms. The fraction of sp³-hybridized carbons (Fsp3) is 0.375. The summed E-state index contributed by atoms with van der Waals surface area (Å²) in [7, 11) is 2.07. The van der Waals surface area contributed by atoms with E-state index in [-0.39, 0.29) is 11.5 Å². The average molecular weight is 410 g/mol. The highest BCUT2D eigenvalue weighted by molar-refractivity contribution is 14.1. The maximum Gasteiger partial charge on any atom is 0.267 e. The van der Waals surface area contributed by atoms with E-state index in [0.717, 1.165) is 41.0 Å². The maximum atomic E-state index is 12.3. The minimum absolute atomic E-state index is 0.141. The van der Waals surface area contributed by atoms with Crippen LogP contribution in [-0.2, 0) is 4.79 Å². The molecule has 0 aliphatic carbocycles. The number of hydrogen-bond acceptors (Lipinski definition) is 4. The number of nitrogens with zero attached hydrogens (tertiary/aromatic N) is 3. The van der Waals surface area contributed by atoms with Crippen LogP contribution >= 0.6 is 22.6 Å². The van der Waals surface area contributed by atoms with Crippen molar-refractivity contribution in [1.29, 1.82) is 5.26 Å². The Balaban J connectivity index is 2.07. The van der Waals surface area contributed by atoms with Crippen molar-refractivity contribution in [1.82, 2.24) is 9.80 Å². The van der Waals surface area contributed by atoms with E-state index in [9.17, 15) is 10.1 Å². The molecule has 1 saturated heterocycles. The van der Waals surface area contributed by atoms with Crippen LogP contribution in [0, 0.1) is 21.8 Å². The summed E-state index contributed by atoms with van der Waals surface area (Å²) in [5.74, 6) is -0.356. The van der Waals surface area contributed by atoms with Gasteiger partial charge in [-0.1, -0.05) is 0 Å². The summed E-state index contributed by atoms with van der Waals surface area (Å²) < 4.78 is 1.11. The first-order chi connectivity index (χ1) is 10.5. The van der Waals surface area contributed by atoms with Crippen LogP contribution in [0.4, 0.5) is 5.69 Å². The molecule has 0 spiro atoms. The Morgan fingerprint density at radius 2 is 2.05 bits per heavy atom. The minimum Gasteiger partial charge on any atom is -0.374 e. The summed E-state index contributed by atoms with van der Waals surface area (Å²) in [4.78, 5) is 16.5. The quantitative estimate of drug-likeness (QED) is 0.472.